The number of anilines is 1. The number of thioether (sulfide) groups is 1. The molecule has 0 aliphatic heterocycles. The van der Waals surface area contributed by atoms with Crippen molar-refractivity contribution >= 4 is 34.7 Å². The van der Waals surface area contributed by atoms with Gasteiger partial charge < -0.3 is 5.32 Å². The molecule has 1 heterocycles. The van der Waals surface area contributed by atoms with E-state index in [1.54, 1.807) is 6.92 Å². The van der Waals surface area contributed by atoms with Gasteiger partial charge in [-0.3, -0.25) is 4.79 Å². The quantitative estimate of drug-likeness (QED) is 0.622. The fourth-order valence-corrected chi connectivity index (χ4v) is 4.06. The second kappa shape index (κ2) is 7.76. The lowest BCUT2D eigenvalue weighted by molar-refractivity contribution is -0.115. The number of hydrogen-bond acceptors (Lipinski definition) is 4. The van der Waals surface area contributed by atoms with Gasteiger partial charge in [0.15, 0.2) is 4.34 Å². The van der Waals surface area contributed by atoms with Gasteiger partial charge in [0, 0.05) is 17.0 Å². The topological polar surface area (TPSA) is 42.0 Å². The lowest BCUT2D eigenvalue weighted by atomic mass is 10.2. The highest BCUT2D eigenvalue weighted by Crippen LogP contribution is 2.31. The molecule has 128 valence electrons. The van der Waals surface area contributed by atoms with Gasteiger partial charge in [0.1, 0.15) is 11.6 Å². The molecule has 1 amide bonds. The zero-order valence-electron chi connectivity index (χ0n) is 13.2. The van der Waals surface area contributed by atoms with Crippen molar-refractivity contribution in [1.82, 2.24) is 4.98 Å². The van der Waals surface area contributed by atoms with Crippen LogP contribution in [0.4, 0.5) is 14.5 Å². The fourth-order valence-electron chi connectivity index (χ4n) is 2.09. The van der Waals surface area contributed by atoms with Crippen LogP contribution in [0.1, 0.15) is 6.92 Å². The molecule has 1 aromatic heterocycles. The van der Waals surface area contributed by atoms with E-state index in [0.29, 0.717) is 0 Å². The summed E-state index contributed by atoms with van der Waals surface area (Å²) >= 11 is 2.72. The number of carbonyl (C=O) groups excluding carboxylic acids is 1. The fraction of sp³-hybridized carbons (Fsp3) is 0.111. The van der Waals surface area contributed by atoms with E-state index in [9.17, 15) is 13.6 Å². The number of aromatic nitrogens is 1. The zero-order chi connectivity index (χ0) is 17.8. The minimum Gasteiger partial charge on any atom is -0.323 e. The lowest BCUT2D eigenvalue weighted by Crippen LogP contribution is -2.23. The maximum Gasteiger partial charge on any atom is 0.237 e. The third-order valence-electron chi connectivity index (χ3n) is 3.39. The molecule has 3 rings (SSSR count). The van der Waals surface area contributed by atoms with Crippen LogP contribution in [0.2, 0.25) is 0 Å². The Hall–Kier alpha value is -2.25. The molecular formula is C18H14F2N2OS2. The molecule has 0 aliphatic rings. The second-order valence-electron chi connectivity index (χ2n) is 5.24. The minimum atomic E-state index is -0.674. The molecule has 1 unspecified atom stereocenters. The van der Waals surface area contributed by atoms with Crippen LogP contribution in [-0.2, 0) is 4.79 Å². The second-order valence-corrected chi connectivity index (χ2v) is 7.68. The smallest absolute Gasteiger partial charge is 0.237 e. The summed E-state index contributed by atoms with van der Waals surface area (Å²) in [5.74, 6) is -1.69. The van der Waals surface area contributed by atoms with Crippen LogP contribution in [0.3, 0.4) is 0 Å². The highest BCUT2D eigenvalue weighted by atomic mass is 32.2. The number of nitrogens with one attached hydrogen (secondary N) is 1. The van der Waals surface area contributed by atoms with E-state index < -0.39 is 22.8 Å². The van der Waals surface area contributed by atoms with E-state index in [1.807, 2.05) is 35.7 Å². The Balaban J connectivity index is 1.66. The maximum absolute atomic E-state index is 13.6. The predicted molar refractivity (Wildman–Crippen MR) is 97.9 cm³/mol. The van der Waals surface area contributed by atoms with Gasteiger partial charge in [0.05, 0.1) is 16.6 Å². The molecule has 0 spiro atoms. The van der Waals surface area contributed by atoms with Crippen LogP contribution in [0, 0.1) is 11.6 Å². The number of carbonyl (C=O) groups is 1. The Bertz CT molecular complexity index is 884. The molecule has 1 N–H and O–H groups in total. The highest BCUT2D eigenvalue weighted by molar-refractivity contribution is 8.02. The largest absolute Gasteiger partial charge is 0.323 e. The first-order valence-electron chi connectivity index (χ1n) is 7.46. The molecule has 0 radical (unpaired) electrons. The number of amides is 1. The summed E-state index contributed by atoms with van der Waals surface area (Å²) in [4.78, 5) is 16.7. The van der Waals surface area contributed by atoms with Crippen molar-refractivity contribution in [3.8, 4) is 11.3 Å². The third-order valence-corrected chi connectivity index (χ3v) is 5.46. The molecule has 2 aromatic carbocycles. The molecule has 3 aromatic rings. The van der Waals surface area contributed by atoms with Crippen LogP contribution in [0.15, 0.2) is 58.3 Å². The van der Waals surface area contributed by atoms with Crippen LogP contribution < -0.4 is 5.32 Å². The van der Waals surface area contributed by atoms with Gasteiger partial charge in [-0.1, -0.05) is 42.1 Å². The number of nitrogens with zero attached hydrogens (tertiary/aromatic N) is 1. The molecule has 25 heavy (non-hydrogen) atoms. The molecule has 0 bridgehead atoms. The van der Waals surface area contributed by atoms with E-state index in [1.165, 1.54) is 23.1 Å². The number of benzene rings is 2. The minimum absolute atomic E-state index is 0.165. The number of halogens is 2. The normalized spacial score (nSPS) is 12.0. The molecule has 0 fully saturated rings. The average Bonchev–Trinajstić information content (AvgIpc) is 3.07. The number of rotatable bonds is 5. The van der Waals surface area contributed by atoms with Gasteiger partial charge in [-0.25, -0.2) is 13.8 Å². The molecule has 1 atom stereocenters. The van der Waals surface area contributed by atoms with Crippen molar-refractivity contribution in [3.63, 3.8) is 0 Å². The van der Waals surface area contributed by atoms with Crippen LogP contribution in [-0.4, -0.2) is 16.1 Å². The Labute approximate surface area is 152 Å². The van der Waals surface area contributed by atoms with Crippen molar-refractivity contribution < 1.29 is 13.6 Å². The van der Waals surface area contributed by atoms with Gasteiger partial charge in [-0.2, -0.15) is 0 Å². The molecule has 0 aliphatic carbocycles. The van der Waals surface area contributed by atoms with Gasteiger partial charge in [0.2, 0.25) is 5.91 Å². The molecular weight excluding hydrogens is 362 g/mol. The molecule has 3 nitrogen and oxygen atoms in total. The Kier molecular flexibility index (Phi) is 5.45. The van der Waals surface area contributed by atoms with Gasteiger partial charge in [-0.15, -0.1) is 11.3 Å². The summed E-state index contributed by atoms with van der Waals surface area (Å²) in [6.07, 6.45) is 0. The lowest BCUT2D eigenvalue weighted by Gasteiger charge is -2.11. The van der Waals surface area contributed by atoms with E-state index in [-0.39, 0.29) is 5.69 Å². The van der Waals surface area contributed by atoms with Gasteiger partial charge in [-0.05, 0) is 19.1 Å². The summed E-state index contributed by atoms with van der Waals surface area (Å²) in [7, 11) is 0. The van der Waals surface area contributed by atoms with Crippen molar-refractivity contribution in [1.29, 1.82) is 0 Å². The van der Waals surface area contributed by atoms with Crippen LogP contribution in [0.25, 0.3) is 11.3 Å². The maximum atomic E-state index is 13.6. The predicted octanol–water partition coefficient (Wildman–Crippen LogP) is 5.21. The van der Waals surface area contributed by atoms with Crippen LogP contribution in [0.5, 0.6) is 0 Å². The Morgan fingerprint density at radius 1 is 1.20 bits per heavy atom. The Morgan fingerprint density at radius 2 is 1.96 bits per heavy atom. The van der Waals surface area contributed by atoms with Gasteiger partial charge >= 0.3 is 0 Å². The Morgan fingerprint density at radius 3 is 2.72 bits per heavy atom. The summed E-state index contributed by atoms with van der Waals surface area (Å²) in [6.45, 7) is 1.70. The van der Waals surface area contributed by atoms with Gasteiger partial charge in [0.25, 0.3) is 0 Å². The zero-order valence-corrected chi connectivity index (χ0v) is 14.8. The van der Waals surface area contributed by atoms with E-state index >= 15 is 0 Å². The third kappa shape index (κ3) is 4.43. The van der Waals surface area contributed by atoms with Crippen LogP contribution >= 0.6 is 23.1 Å². The molecule has 0 saturated heterocycles. The monoisotopic (exact) mass is 376 g/mol. The summed E-state index contributed by atoms with van der Waals surface area (Å²) in [6, 6.07) is 12.7. The van der Waals surface area contributed by atoms with Crippen molar-refractivity contribution in [2.24, 2.45) is 0 Å². The van der Waals surface area contributed by atoms with E-state index in [4.69, 9.17) is 0 Å². The summed E-state index contributed by atoms with van der Waals surface area (Å²) < 4.78 is 27.5. The van der Waals surface area contributed by atoms with Crippen molar-refractivity contribution in [2.75, 3.05) is 5.32 Å². The summed E-state index contributed by atoms with van der Waals surface area (Å²) in [5, 5.41) is 3.83. The van der Waals surface area contributed by atoms with Crippen molar-refractivity contribution in [3.05, 3.63) is 65.5 Å². The van der Waals surface area contributed by atoms with Crippen molar-refractivity contribution in [2.45, 2.75) is 16.5 Å². The highest BCUT2D eigenvalue weighted by Gasteiger charge is 2.18. The number of thiazole rings is 1. The SMILES string of the molecule is CC(Sc1nc(-c2ccccc2)cs1)C(=O)Nc1cc(F)ccc1F. The standard InChI is InChI=1S/C18H14F2N2OS2/c1-11(17(23)21-15-9-13(19)7-8-14(15)20)25-18-22-16(10-24-18)12-5-3-2-4-6-12/h2-11H,1H3,(H,21,23). The molecule has 0 saturated carbocycles. The molecule has 7 heteroatoms. The van der Waals surface area contributed by atoms with E-state index in [2.05, 4.69) is 10.3 Å². The first-order chi connectivity index (χ1) is 12.0. The van der Waals surface area contributed by atoms with E-state index in [0.717, 1.165) is 33.8 Å². The summed E-state index contributed by atoms with van der Waals surface area (Å²) in [5.41, 5.74) is 1.68. The first-order valence-corrected chi connectivity index (χ1v) is 9.22. The average molecular weight is 376 g/mol. The number of hydrogen-bond donors (Lipinski definition) is 1. The first kappa shape index (κ1) is 17.6.